The average molecular weight is 496 g/mol. The molecule has 3 fully saturated rings. The maximum absolute atomic E-state index is 12.7. The maximum atomic E-state index is 12.7. The van der Waals surface area contributed by atoms with Gasteiger partial charge in [0, 0.05) is 45.0 Å². The number of benzene rings is 1. The Morgan fingerprint density at radius 1 is 1.08 bits per heavy atom. The number of morpholine rings is 1. The van der Waals surface area contributed by atoms with Gasteiger partial charge in [-0.25, -0.2) is 9.59 Å². The van der Waals surface area contributed by atoms with Crippen molar-refractivity contribution < 1.29 is 9.53 Å². The Morgan fingerprint density at radius 2 is 1.83 bits per heavy atom. The van der Waals surface area contributed by atoms with Crippen molar-refractivity contribution in [2.75, 3.05) is 51.2 Å². The van der Waals surface area contributed by atoms with E-state index >= 15 is 0 Å². The van der Waals surface area contributed by atoms with Crippen LogP contribution in [0.1, 0.15) is 31.2 Å². The number of amides is 2. The Kier molecular flexibility index (Phi) is 7.96. The van der Waals surface area contributed by atoms with Crippen molar-refractivity contribution in [1.82, 2.24) is 24.7 Å². The molecule has 1 atom stereocenters. The average Bonchev–Trinajstić information content (AvgIpc) is 2.91. The molecular weight excluding hydrogens is 458 g/mol. The summed E-state index contributed by atoms with van der Waals surface area (Å²) in [4.78, 5) is 33.7. The van der Waals surface area contributed by atoms with E-state index in [-0.39, 0.29) is 18.0 Å². The minimum atomic E-state index is -0.425. The fourth-order valence-corrected chi connectivity index (χ4v) is 5.35. The number of rotatable bonds is 5. The summed E-state index contributed by atoms with van der Waals surface area (Å²) in [5.41, 5.74) is 7.52. The normalized spacial score (nSPS) is 22.5. The molecule has 3 saturated heterocycles. The molecule has 36 heavy (non-hydrogen) atoms. The summed E-state index contributed by atoms with van der Waals surface area (Å²) >= 11 is 0. The van der Waals surface area contributed by atoms with E-state index in [1.807, 2.05) is 24.3 Å². The number of anilines is 1. The van der Waals surface area contributed by atoms with E-state index in [1.54, 1.807) is 17.2 Å². The summed E-state index contributed by atoms with van der Waals surface area (Å²) in [6, 6.07) is 9.72. The van der Waals surface area contributed by atoms with Crippen molar-refractivity contribution in [2.24, 2.45) is 11.7 Å². The second-order valence-electron chi connectivity index (χ2n) is 10.1. The molecule has 4 heterocycles. The molecule has 194 valence electrons. The third kappa shape index (κ3) is 6.12. The van der Waals surface area contributed by atoms with Gasteiger partial charge in [-0.15, -0.1) is 0 Å². The second kappa shape index (κ2) is 11.5. The van der Waals surface area contributed by atoms with Crippen LogP contribution in [0, 0.1) is 5.92 Å². The first kappa shape index (κ1) is 24.9. The lowest BCUT2D eigenvalue weighted by molar-refractivity contribution is -0.0236. The van der Waals surface area contributed by atoms with Gasteiger partial charge in [0.15, 0.2) is 0 Å². The number of hydrogen-bond donors (Lipinski definition) is 3. The van der Waals surface area contributed by atoms with Gasteiger partial charge in [-0.2, -0.15) is 4.98 Å². The zero-order valence-electron chi connectivity index (χ0n) is 20.8. The molecule has 5 rings (SSSR count). The highest BCUT2D eigenvalue weighted by molar-refractivity contribution is 5.88. The number of carbonyl (C=O) groups excluding carboxylic acids is 1. The molecule has 0 aliphatic carbocycles. The monoisotopic (exact) mass is 495 g/mol. The molecule has 10 heteroatoms. The fraction of sp³-hybridized carbons (Fsp3) is 0.577. The smallest absolute Gasteiger partial charge is 0.354 e. The van der Waals surface area contributed by atoms with Crippen LogP contribution in [0.15, 0.2) is 41.3 Å². The lowest BCUT2D eigenvalue weighted by Crippen LogP contribution is -2.48. The molecule has 0 bridgehead atoms. The number of piperidine rings is 2. The van der Waals surface area contributed by atoms with Gasteiger partial charge >= 0.3 is 11.7 Å². The van der Waals surface area contributed by atoms with Crippen LogP contribution in [-0.2, 0) is 11.3 Å². The van der Waals surface area contributed by atoms with Crippen molar-refractivity contribution in [3.05, 3.63) is 52.6 Å². The Hall–Kier alpha value is -2.79. The highest BCUT2D eigenvalue weighted by Gasteiger charge is 2.30. The van der Waals surface area contributed by atoms with Gasteiger partial charge in [-0.1, -0.05) is 12.1 Å². The van der Waals surface area contributed by atoms with Crippen LogP contribution in [0.5, 0.6) is 0 Å². The van der Waals surface area contributed by atoms with Crippen LogP contribution in [0.2, 0.25) is 0 Å². The van der Waals surface area contributed by atoms with Crippen LogP contribution in [-0.4, -0.2) is 83.4 Å². The molecule has 1 aromatic heterocycles. The number of hydrogen-bond acceptors (Lipinski definition) is 7. The minimum absolute atomic E-state index is 0.219. The lowest BCUT2D eigenvalue weighted by Gasteiger charge is -2.37. The van der Waals surface area contributed by atoms with Crippen molar-refractivity contribution in [2.45, 2.75) is 44.4 Å². The first-order valence-corrected chi connectivity index (χ1v) is 13.1. The number of nitrogens with one attached hydrogen (secondary N) is 2. The fourth-order valence-electron chi connectivity index (χ4n) is 5.35. The highest BCUT2D eigenvalue weighted by Crippen LogP contribution is 2.24. The van der Waals surface area contributed by atoms with Gasteiger partial charge in [0.05, 0.1) is 18.4 Å². The standard InChI is InChI=1S/C26H37N7O3/c27-21-7-11-31(12-8-21)18-19-1-3-22(4-2-19)33-15-9-24(30-26(33)35)29-25(34)32-13-5-20(6-14-32)23-17-28-10-16-36-23/h1-4,9,15,20-21,23,28H,5-8,10-14,16-18,27H2,(H,29,30,34,35). The van der Waals surface area contributed by atoms with Gasteiger partial charge < -0.3 is 20.7 Å². The number of nitrogens with two attached hydrogens (primary N) is 1. The predicted octanol–water partition coefficient (Wildman–Crippen LogP) is 1.39. The molecule has 3 aliphatic rings. The van der Waals surface area contributed by atoms with Crippen LogP contribution >= 0.6 is 0 Å². The third-order valence-corrected chi connectivity index (χ3v) is 7.60. The van der Waals surface area contributed by atoms with Gasteiger partial charge in [0.1, 0.15) is 5.82 Å². The van der Waals surface area contributed by atoms with Gasteiger partial charge in [-0.05, 0) is 68.5 Å². The zero-order valence-corrected chi connectivity index (χ0v) is 20.8. The zero-order chi connectivity index (χ0) is 24.9. The Balaban J connectivity index is 1.14. The van der Waals surface area contributed by atoms with E-state index in [0.717, 1.165) is 70.7 Å². The van der Waals surface area contributed by atoms with E-state index < -0.39 is 5.69 Å². The number of nitrogens with zero attached hydrogens (tertiary/aromatic N) is 4. The molecule has 0 radical (unpaired) electrons. The largest absolute Gasteiger partial charge is 0.375 e. The molecule has 1 unspecified atom stereocenters. The summed E-state index contributed by atoms with van der Waals surface area (Å²) in [5.74, 6) is 0.733. The first-order valence-electron chi connectivity index (χ1n) is 13.1. The van der Waals surface area contributed by atoms with E-state index in [9.17, 15) is 9.59 Å². The summed E-state index contributed by atoms with van der Waals surface area (Å²) in [6.07, 6.45) is 5.79. The Morgan fingerprint density at radius 3 is 2.50 bits per heavy atom. The summed E-state index contributed by atoms with van der Waals surface area (Å²) in [7, 11) is 0. The molecule has 3 aliphatic heterocycles. The van der Waals surface area contributed by atoms with E-state index in [0.29, 0.717) is 25.0 Å². The SMILES string of the molecule is NC1CCN(Cc2ccc(-n3ccc(NC(=O)N4CCC(C5CNCCO5)CC4)nc3=O)cc2)CC1. The maximum Gasteiger partial charge on any atom is 0.354 e. The van der Waals surface area contributed by atoms with Crippen molar-refractivity contribution in [3.8, 4) is 5.69 Å². The van der Waals surface area contributed by atoms with Gasteiger partial charge in [0.2, 0.25) is 0 Å². The van der Waals surface area contributed by atoms with E-state index in [1.165, 1.54) is 10.1 Å². The number of carbonyl (C=O) groups is 1. The third-order valence-electron chi connectivity index (χ3n) is 7.60. The van der Waals surface area contributed by atoms with E-state index in [4.69, 9.17) is 10.5 Å². The second-order valence-corrected chi connectivity index (χ2v) is 10.1. The first-order chi connectivity index (χ1) is 17.5. The molecule has 1 aromatic carbocycles. The Labute approximate surface area is 211 Å². The number of ether oxygens (including phenoxy) is 1. The van der Waals surface area contributed by atoms with Gasteiger partial charge in [-0.3, -0.25) is 14.8 Å². The van der Waals surface area contributed by atoms with E-state index in [2.05, 4.69) is 20.5 Å². The summed E-state index contributed by atoms with van der Waals surface area (Å²) < 4.78 is 7.37. The molecular formula is C26H37N7O3. The summed E-state index contributed by atoms with van der Waals surface area (Å²) in [6.45, 7) is 6.80. The summed E-state index contributed by atoms with van der Waals surface area (Å²) in [5, 5.41) is 6.17. The van der Waals surface area contributed by atoms with Gasteiger partial charge in [0.25, 0.3) is 0 Å². The lowest BCUT2D eigenvalue weighted by atomic mass is 9.90. The van der Waals surface area contributed by atoms with Crippen molar-refractivity contribution in [3.63, 3.8) is 0 Å². The van der Waals surface area contributed by atoms with Crippen molar-refractivity contribution >= 4 is 11.8 Å². The molecule has 0 saturated carbocycles. The number of urea groups is 1. The predicted molar refractivity (Wildman–Crippen MR) is 138 cm³/mol. The number of aromatic nitrogens is 2. The molecule has 2 aromatic rings. The highest BCUT2D eigenvalue weighted by atomic mass is 16.5. The molecule has 4 N–H and O–H groups in total. The molecule has 2 amide bonds. The van der Waals surface area contributed by atoms with Crippen LogP contribution in [0.3, 0.4) is 0 Å². The minimum Gasteiger partial charge on any atom is -0.375 e. The Bertz CT molecular complexity index is 1070. The molecule has 10 nitrogen and oxygen atoms in total. The van der Waals surface area contributed by atoms with Crippen LogP contribution < -0.4 is 22.1 Å². The van der Waals surface area contributed by atoms with Crippen LogP contribution in [0.4, 0.5) is 10.6 Å². The quantitative estimate of drug-likeness (QED) is 0.574. The topological polar surface area (TPSA) is 118 Å². The molecule has 0 spiro atoms. The number of likely N-dealkylation sites (tertiary alicyclic amines) is 2. The van der Waals surface area contributed by atoms with Crippen LogP contribution in [0.25, 0.3) is 5.69 Å². The van der Waals surface area contributed by atoms with Crippen molar-refractivity contribution in [1.29, 1.82) is 0 Å².